The Labute approximate surface area is 154 Å². The van der Waals surface area contributed by atoms with Crippen molar-refractivity contribution in [2.24, 2.45) is 0 Å². The molecule has 9 heteroatoms. The summed E-state index contributed by atoms with van der Waals surface area (Å²) in [5.74, 6) is 0.727. The number of carbonyl (C=O) groups is 1. The summed E-state index contributed by atoms with van der Waals surface area (Å²) in [6.07, 6.45) is 3.58. The van der Waals surface area contributed by atoms with E-state index in [9.17, 15) is 9.59 Å². The Hall–Kier alpha value is -3.07. The summed E-state index contributed by atoms with van der Waals surface area (Å²) < 4.78 is 12.0. The highest BCUT2D eigenvalue weighted by Gasteiger charge is 2.23. The van der Waals surface area contributed by atoms with E-state index in [4.69, 9.17) is 9.26 Å². The maximum absolute atomic E-state index is 12.4. The minimum atomic E-state index is -0.281. The van der Waals surface area contributed by atoms with Gasteiger partial charge in [0.05, 0.1) is 17.2 Å². The number of nitrogens with zero attached hydrogens (tertiary/aromatic N) is 4. The van der Waals surface area contributed by atoms with Gasteiger partial charge in [-0.25, -0.2) is 4.98 Å². The predicted octanol–water partition coefficient (Wildman–Crippen LogP) is 0.990. The molecule has 2 aromatic heterocycles. The number of carbonyl (C=O) groups excluding carboxylic acids is 1. The number of ether oxygens (including phenoxy) is 1. The number of amides is 1. The summed E-state index contributed by atoms with van der Waals surface area (Å²) in [5.41, 5.74) is 0.369. The van der Waals surface area contributed by atoms with Crippen molar-refractivity contribution >= 4 is 16.8 Å². The number of benzene rings is 1. The first-order valence-corrected chi connectivity index (χ1v) is 8.85. The molecule has 1 N–H and O–H groups in total. The van der Waals surface area contributed by atoms with Crippen LogP contribution in [-0.2, 0) is 22.5 Å². The van der Waals surface area contributed by atoms with Crippen molar-refractivity contribution in [2.45, 2.75) is 31.9 Å². The van der Waals surface area contributed by atoms with Gasteiger partial charge < -0.3 is 14.6 Å². The Balaban J connectivity index is 1.31. The molecule has 1 aromatic carbocycles. The van der Waals surface area contributed by atoms with Gasteiger partial charge in [-0.2, -0.15) is 4.98 Å². The number of hydrogen-bond acceptors (Lipinski definition) is 7. The molecule has 0 spiro atoms. The SMILES string of the molecule is O=C(Cn1cnc2ccccc2c1=O)NCCc1noc(C2CCCO2)n1. The summed E-state index contributed by atoms with van der Waals surface area (Å²) in [6, 6.07) is 7.04. The van der Waals surface area contributed by atoms with Crippen LogP contribution in [0.5, 0.6) is 0 Å². The third kappa shape index (κ3) is 3.87. The highest BCUT2D eigenvalue weighted by atomic mass is 16.5. The average Bonchev–Trinajstić information content (AvgIpc) is 3.36. The van der Waals surface area contributed by atoms with E-state index in [1.807, 2.05) is 6.07 Å². The van der Waals surface area contributed by atoms with Gasteiger partial charge in [-0.3, -0.25) is 14.2 Å². The van der Waals surface area contributed by atoms with Crippen molar-refractivity contribution < 1.29 is 14.1 Å². The Kier molecular flexibility index (Phi) is 4.93. The highest BCUT2D eigenvalue weighted by Crippen LogP contribution is 2.26. The summed E-state index contributed by atoms with van der Waals surface area (Å²) in [6.45, 7) is 0.963. The molecule has 0 aliphatic carbocycles. The Morgan fingerprint density at radius 1 is 1.33 bits per heavy atom. The van der Waals surface area contributed by atoms with Gasteiger partial charge in [0.1, 0.15) is 12.6 Å². The van der Waals surface area contributed by atoms with Crippen molar-refractivity contribution in [1.82, 2.24) is 25.0 Å². The van der Waals surface area contributed by atoms with Crippen LogP contribution in [0.1, 0.15) is 30.7 Å². The zero-order chi connectivity index (χ0) is 18.6. The third-order valence-electron chi connectivity index (χ3n) is 4.41. The van der Waals surface area contributed by atoms with Crippen molar-refractivity contribution in [2.75, 3.05) is 13.2 Å². The maximum atomic E-state index is 12.4. The van der Waals surface area contributed by atoms with Crippen LogP contribution in [0.3, 0.4) is 0 Å². The number of aromatic nitrogens is 4. The molecule has 3 aromatic rings. The predicted molar refractivity (Wildman–Crippen MR) is 94.9 cm³/mol. The van der Waals surface area contributed by atoms with Gasteiger partial charge in [0.2, 0.25) is 5.91 Å². The normalized spacial score (nSPS) is 16.7. The summed E-state index contributed by atoms with van der Waals surface area (Å²) in [7, 11) is 0. The second-order valence-electron chi connectivity index (χ2n) is 6.35. The van der Waals surface area contributed by atoms with E-state index in [1.54, 1.807) is 18.2 Å². The Morgan fingerprint density at radius 2 is 2.22 bits per heavy atom. The van der Waals surface area contributed by atoms with Gasteiger partial charge >= 0.3 is 0 Å². The van der Waals surface area contributed by atoms with Crippen molar-refractivity contribution in [1.29, 1.82) is 0 Å². The molecule has 27 heavy (non-hydrogen) atoms. The fraction of sp³-hybridized carbons (Fsp3) is 0.389. The molecule has 140 valence electrons. The number of fused-ring (bicyclic) bond motifs is 1. The van der Waals surface area contributed by atoms with E-state index in [0.29, 0.717) is 42.2 Å². The van der Waals surface area contributed by atoms with E-state index in [2.05, 4.69) is 20.4 Å². The van der Waals surface area contributed by atoms with Gasteiger partial charge in [-0.05, 0) is 25.0 Å². The third-order valence-corrected chi connectivity index (χ3v) is 4.41. The van der Waals surface area contributed by atoms with Crippen LogP contribution in [0, 0.1) is 0 Å². The Bertz CT molecular complexity index is 1010. The van der Waals surface area contributed by atoms with Crippen molar-refractivity contribution in [3.05, 3.63) is 52.7 Å². The van der Waals surface area contributed by atoms with Gasteiger partial charge in [-0.15, -0.1) is 0 Å². The maximum Gasteiger partial charge on any atom is 0.261 e. The molecule has 1 amide bonds. The first-order valence-electron chi connectivity index (χ1n) is 8.85. The molecule has 1 unspecified atom stereocenters. The standard InChI is InChI=1S/C18H19N5O4/c24-16(10-23-11-20-13-5-2-1-4-12(13)18(23)25)19-8-7-15-21-17(27-22-15)14-6-3-9-26-14/h1-2,4-5,11,14H,3,6-10H2,(H,19,24). The molecule has 9 nitrogen and oxygen atoms in total. The lowest BCUT2D eigenvalue weighted by Gasteiger charge is -2.07. The van der Waals surface area contributed by atoms with Crippen LogP contribution in [-0.4, -0.2) is 38.8 Å². The second kappa shape index (κ2) is 7.67. The van der Waals surface area contributed by atoms with Crippen LogP contribution in [0.15, 0.2) is 39.9 Å². The topological polar surface area (TPSA) is 112 Å². The van der Waals surface area contributed by atoms with Crippen molar-refractivity contribution in [3.8, 4) is 0 Å². The van der Waals surface area contributed by atoms with E-state index in [1.165, 1.54) is 10.9 Å². The second-order valence-corrected chi connectivity index (χ2v) is 6.35. The smallest absolute Gasteiger partial charge is 0.261 e. The monoisotopic (exact) mass is 369 g/mol. The molecule has 1 aliphatic heterocycles. The van der Waals surface area contributed by atoms with Crippen LogP contribution < -0.4 is 10.9 Å². The highest BCUT2D eigenvalue weighted by molar-refractivity contribution is 5.78. The lowest BCUT2D eigenvalue weighted by Crippen LogP contribution is -2.33. The molecule has 4 rings (SSSR count). The summed E-state index contributed by atoms with van der Waals surface area (Å²) >= 11 is 0. The first-order chi connectivity index (χ1) is 13.2. The zero-order valence-electron chi connectivity index (χ0n) is 14.6. The van der Waals surface area contributed by atoms with Gasteiger partial charge in [0.15, 0.2) is 5.82 Å². The fourth-order valence-electron chi connectivity index (χ4n) is 3.02. The minimum Gasteiger partial charge on any atom is -0.368 e. The van der Waals surface area contributed by atoms with Gasteiger partial charge in [0, 0.05) is 19.6 Å². The van der Waals surface area contributed by atoms with E-state index in [0.717, 1.165) is 12.8 Å². The molecule has 1 aliphatic rings. The van der Waals surface area contributed by atoms with Crippen LogP contribution >= 0.6 is 0 Å². The molecule has 1 fully saturated rings. The summed E-state index contributed by atoms with van der Waals surface area (Å²) in [5, 5.41) is 7.15. The number of hydrogen-bond donors (Lipinski definition) is 1. The molecular weight excluding hydrogens is 350 g/mol. The largest absolute Gasteiger partial charge is 0.368 e. The zero-order valence-corrected chi connectivity index (χ0v) is 14.6. The Morgan fingerprint density at radius 3 is 3.07 bits per heavy atom. The number of para-hydroxylation sites is 1. The van der Waals surface area contributed by atoms with Crippen LogP contribution in [0.25, 0.3) is 10.9 Å². The molecular formula is C18H19N5O4. The van der Waals surface area contributed by atoms with Crippen molar-refractivity contribution in [3.63, 3.8) is 0 Å². The average molecular weight is 369 g/mol. The van der Waals surface area contributed by atoms with Gasteiger partial charge in [-0.1, -0.05) is 17.3 Å². The molecule has 0 bridgehead atoms. The minimum absolute atomic E-state index is 0.0932. The lowest BCUT2D eigenvalue weighted by molar-refractivity contribution is -0.121. The number of nitrogens with one attached hydrogen (secondary N) is 1. The molecule has 0 radical (unpaired) electrons. The lowest BCUT2D eigenvalue weighted by atomic mass is 10.2. The summed E-state index contributed by atoms with van der Waals surface area (Å²) in [4.78, 5) is 33.0. The quantitative estimate of drug-likeness (QED) is 0.689. The van der Waals surface area contributed by atoms with Gasteiger partial charge in [0.25, 0.3) is 11.4 Å². The first kappa shape index (κ1) is 17.3. The molecule has 1 saturated heterocycles. The van der Waals surface area contributed by atoms with Crippen LogP contribution in [0.2, 0.25) is 0 Å². The molecule has 1 atom stereocenters. The molecule has 0 saturated carbocycles. The van der Waals surface area contributed by atoms with E-state index >= 15 is 0 Å². The fourth-order valence-corrected chi connectivity index (χ4v) is 3.02. The van der Waals surface area contributed by atoms with E-state index < -0.39 is 0 Å². The van der Waals surface area contributed by atoms with Crippen LogP contribution in [0.4, 0.5) is 0 Å². The molecule has 3 heterocycles. The van der Waals surface area contributed by atoms with E-state index in [-0.39, 0.29) is 24.1 Å². The number of rotatable bonds is 6.